The number of nitrogens with zero attached hydrogens (tertiary/aromatic N) is 1. The second-order valence-electron chi connectivity index (χ2n) is 1.74. The normalized spacial score (nSPS) is 12.0. The molecule has 60 valence electrons. The summed E-state index contributed by atoms with van der Waals surface area (Å²) in [6.07, 6.45) is 4.50. The molecule has 0 aromatic rings. The first-order valence-electron chi connectivity index (χ1n) is 2.91. The molecule has 0 aliphatic rings. The van der Waals surface area contributed by atoms with Gasteiger partial charge in [-0.15, -0.1) is 0 Å². The Bertz CT molecular complexity index is 215. The predicted octanol–water partition coefficient (Wildman–Crippen LogP) is 2.48. The maximum absolute atomic E-state index is 10.2. The summed E-state index contributed by atoms with van der Waals surface area (Å²) in [7, 11) is 0. The van der Waals surface area contributed by atoms with Crippen molar-refractivity contribution in [3.8, 4) is 0 Å². The van der Waals surface area contributed by atoms with E-state index in [9.17, 15) is 10.1 Å². The van der Waals surface area contributed by atoms with Crippen LogP contribution in [-0.4, -0.2) is 4.92 Å². The van der Waals surface area contributed by atoms with Gasteiger partial charge in [0.15, 0.2) is 0 Å². The Morgan fingerprint density at radius 1 is 1.73 bits per heavy atom. The standard InChI is InChI=1S/C7H8ClNO2/c1-3-4-5-7(6(2)8)9(10)11/h3-5H,2H2,1H3/b4-3-,7-5+. The van der Waals surface area contributed by atoms with E-state index in [1.807, 2.05) is 0 Å². The second kappa shape index (κ2) is 4.68. The van der Waals surface area contributed by atoms with E-state index in [0.717, 1.165) is 0 Å². The molecule has 4 heteroatoms. The molecule has 0 fully saturated rings. The average Bonchev–Trinajstić information content (AvgIpc) is 1.87. The van der Waals surface area contributed by atoms with Gasteiger partial charge in [0.25, 0.3) is 5.70 Å². The minimum Gasteiger partial charge on any atom is -0.258 e. The largest absolute Gasteiger partial charge is 0.287 e. The molecule has 0 rings (SSSR count). The fourth-order valence-corrected chi connectivity index (χ4v) is 0.570. The molecule has 3 nitrogen and oxygen atoms in total. The van der Waals surface area contributed by atoms with E-state index in [1.165, 1.54) is 12.2 Å². The van der Waals surface area contributed by atoms with Crippen LogP contribution in [0.2, 0.25) is 0 Å². The lowest BCUT2D eigenvalue weighted by atomic mass is 10.4. The number of hydrogen-bond acceptors (Lipinski definition) is 2. The highest BCUT2D eigenvalue weighted by Gasteiger charge is 2.10. The SMILES string of the molecule is C=C(Cl)/C(=C\C=C/C)[N+](=O)[O-]. The summed E-state index contributed by atoms with van der Waals surface area (Å²) in [5.41, 5.74) is -0.176. The van der Waals surface area contributed by atoms with Crippen molar-refractivity contribution in [3.05, 3.63) is 45.7 Å². The van der Waals surface area contributed by atoms with Crippen LogP contribution in [0.25, 0.3) is 0 Å². The maximum Gasteiger partial charge on any atom is 0.287 e. The smallest absolute Gasteiger partial charge is 0.258 e. The van der Waals surface area contributed by atoms with E-state index < -0.39 is 4.92 Å². The Morgan fingerprint density at radius 2 is 2.27 bits per heavy atom. The molecule has 0 unspecified atom stereocenters. The first kappa shape index (κ1) is 9.91. The number of nitro groups is 1. The van der Waals surface area contributed by atoms with Crippen LogP contribution in [0.5, 0.6) is 0 Å². The summed E-state index contributed by atoms with van der Waals surface area (Å²) in [5, 5.41) is 10.1. The molecule has 0 heterocycles. The van der Waals surface area contributed by atoms with E-state index in [4.69, 9.17) is 11.6 Å². The number of halogens is 1. The molecule has 0 saturated carbocycles. The quantitative estimate of drug-likeness (QED) is 0.374. The summed E-state index contributed by atoms with van der Waals surface area (Å²) >= 11 is 5.34. The van der Waals surface area contributed by atoms with Gasteiger partial charge in [0.05, 0.1) is 4.92 Å². The van der Waals surface area contributed by atoms with E-state index in [2.05, 4.69) is 6.58 Å². The fraction of sp³-hybridized carbons (Fsp3) is 0.143. The molecule has 0 bridgehead atoms. The van der Waals surface area contributed by atoms with Gasteiger partial charge in [-0.1, -0.05) is 30.3 Å². The van der Waals surface area contributed by atoms with Crippen LogP contribution in [-0.2, 0) is 0 Å². The third-order valence-electron chi connectivity index (χ3n) is 0.921. The first-order valence-corrected chi connectivity index (χ1v) is 3.29. The maximum atomic E-state index is 10.2. The molecule has 0 aliphatic heterocycles. The lowest BCUT2D eigenvalue weighted by Gasteiger charge is -1.90. The number of allylic oxidation sites excluding steroid dienone is 4. The van der Waals surface area contributed by atoms with Crippen molar-refractivity contribution in [2.24, 2.45) is 0 Å². The molecule has 11 heavy (non-hydrogen) atoms. The molecule has 0 amide bonds. The van der Waals surface area contributed by atoms with Crippen molar-refractivity contribution in [1.82, 2.24) is 0 Å². The molecule has 0 saturated heterocycles. The molecule has 0 N–H and O–H groups in total. The topological polar surface area (TPSA) is 43.1 Å². The molecule has 0 radical (unpaired) electrons. The van der Waals surface area contributed by atoms with Crippen molar-refractivity contribution in [1.29, 1.82) is 0 Å². The second-order valence-corrected chi connectivity index (χ2v) is 2.20. The van der Waals surface area contributed by atoms with Crippen LogP contribution in [0.4, 0.5) is 0 Å². The van der Waals surface area contributed by atoms with Gasteiger partial charge < -0.3 is 0 Å². The number of hydrogen-bond donors (Lipinski definition) is 0. The minimum atomic E-state index is -0.574. The van der Waals surface area contributed by atoms with Gasteiger partial charge in [0.2, 0.25) is 0 Å². The summed E-state index contributed by atoms with van der Waals surface area (Å²) in [6, 6.07) is 0. The predicted molar refractivity (Wildman–Crippen MR) is 44.9 cm³/mol. The first-order chi connectivity index (χ1) is 5.09. The Labute approximate surface area is 69.8 Å². The highest BCUT2D eigenvalue weighted by atomic mass is 35.5. The van der Waals surface area contributed by atoms with Crippen LogP contribution >= 0.6 is 11.6 Å². The van der Waals surface area contributed by atoms with Gasteiger partial charge in [-0.05, 0) is 6.92 Å². The van der Waals surface area contributed by atoms with E-state index >= 15 is 0 Å². The zero-order chi connectivity index (χ0) is 8.85. The van der Waals surface area contributed by atoms with Gasteiger partial charge in [0, 0.05) is 6.08 Å². The summed E-state index contributed by atoms with van der Waals surface area (Å²) in [4.78, 5) is 9.63. The lowest BCUT2D eigenvalue weighted by molar-refractivity contribution is -0.419. The zero-order valence-corrected chi connectivity index (χ0v) is 6.84. The minimum absolute atomic E-state index is 0.0619. The molecule has 0 spiro atoms. The third kappa shape index (κ3) is 3.57. The molecule has 0 aromatic heterocycles. The van der Waals surface area contributed by atoms with Crippen LogP contribution in [0.1, 0.15) is 6.92 Å². The van der Waals surface area contributed by atoms with Crippen molar-refractivity contribution in [2.75, 3.05) is 0 Å². The van der Waals surface area contributed by atoms with Crippen LogP contribution in [0, 0.1) is 10.1 Å². The monoisotopic (exact) mass is 173 g/mol. The van der Waals surface area contributed by atoms with E-state index in [0.29, 0.717) is 0 Å². The van der Waals surface area contributed by atoms with E-state index in [1.54, 1.807) is 13.0 Å². The highest BCUT2D eigenvalue weighted by Crippen LogP contribution is 2.12. The average molecular weight is 174 g/mol. The van der Waals surface area contributed by atoms with Crippen molar-refractivity contribution in [3.63, 3.8) is 0 Å². The van der Waals surface area contributed by atoms with Crippen LogP contribution in [0.3, 0.4) is 0 Å². The van der Waals surface area contributed by atoms with Crippen molar-refractivity contribution < 1.29 is 4.92 Å². The highest BCUT2D eigenvalue weighted by molar-refractivity contribution is 6.31. The lowest BCUT2D eigenvalue weighted by Crippen LogP contribution is -1.97. The number of rotatable bonds is 3. The van der Waals surface area contributed by atoms with Crippen molar-refractivity contribution in [2.45, 2.75) is 6.92 Å². The van der Waals surface area contributed by atoms with Crippen molar-refractivity contribution >= 4 is 11.6 Å². The van der Waals surface area contributed by atoms with E-state index in [-0.39, 0.29) is 10.7 Å². The fourth-order valence-electron chi connectivity index (χ4n) is 0.438. The molecule has 0 aliphatic carbocycles. The molecular weight excluding hydrogens is 166 g/mol. The van der Waals surface area contributed by atoms with Gasteiger partial charge in [-0.25, -0.2) is 0 Å². The molecule has 0 atom stereocenters. The summed E-state index contributed by atoms with van der Waals surface area (Å²) < 4.78 is 0. The van der Waals surface area contributed by atoms with Crippen LogP contribution in [0.15, 0.2) is 35.5 Å². The van der Waals surface area contributed by atoms with Gasteiger partial charge >= 0.3 is 0 Å². The third-order valence-corrected chi connectivity index (χ3v) is 1.11. The van der Waals surface area contributed by atoms with Crippen LogP contribution < -0.4 is 0 Å². The van der Waals surface area contributed by atoms with Gasteiger partial charge in [-0.2, -0.15) is 0 Å². The zero-order valence-electron chi connectivity index (χ0n) is 6.08. The Morgan fingerprint density at radius 3 is 2.55 bits per heavy atom. The Balaban J connectivity index is 4.60. The van der Waals surface area contributed by atoms with Gasteiger partial charge in [-0.3, -0.25) is 10.1 Å². The Kier molecular flexibility index (Phi) is 4.22. The Hall–Kier alpha value is -1.09. The summed E-state index contributed by atoms with van der Waals surface area (Å²) in [5.74, 6) is 0. The summed E-state index contributed by atoms with van der Waals surface area (Å²) in [6.45, 7) is 5.01. The molecule has 0 aromatic carbocycles. The van der Waals surface area contributed by atoms with Gasteiger partial charge in [0.1, 0.15) is 5.03 Å². The molecular formula is C7H8ClNO2.